The van der Waals surface area contributed by atoms with Gasteiger partial charge >= 0.3 is 0 Å². The Bertz CT molecular complexity index is 387. The average Bonchev–Trinajstić information content (AvgIpc) is 2.73. The minimum absolute atomic E-state index is 0.0500. The summed E-state index contributed by atoms with van der Waals surface area (Å²) in [6, 6.07) is 5.03. The SMILES string of the molecule is CC1(C)[C@@H](CN)[C@@H]1c1ccc(O)c(O)c1. The maximum absolute atomic E-state index is 9.42. The van der Waals surface area contributed by atoms with E-state index in [-0.39, 0.29) is 16.9 Å². The average molecular weight is 207 g/mol. The molecule has 2 rings (SSSR count). The Kier molecular flexibility index (Phi) is 2.15. The molecule has 0 bridgehead atoms. The van der Waals surface area contributed by atoms with Crippen LogP contribution in [0.4, 0.5) is 0 Å². The van der Waals surface area contributed by atoms with Gasteiger partial charge in [-0.05, 0) is 41.5 Å². The van der Waals surface area contributed by atoms with Gasteiger partial charge in [0.25, 0.3) is 0 Å². The van der Waals surface area contributed by atoms with Crippen molar-refractivity contribution in [3.8, 4) is 11.5 Å². The van der Waals surface area contributed by atoms with E-state index in [4.69, 9.17) is 5.73 Å². The molecule has 1 aliphatic carbocycles. The van der Waals surface area contributed by atoms with Crippen molar-refractivity contribution in [1.82, 2.24) is 0 Å². The second-order valence-corrected chi connectivity index (χ2v) is 4.89. The number of benzene rings is 1. The van der Waals surface area contributed by atoms with Crippen molar-refractivity contribution in [2.24, 2.45) is 17.1 Å². The van der Waals surface area contributed by atoms with Crippen molar-refractivity contribution in [2.45, 2.75) is 19.8 Å². The molecule has 3 heteroatoms. The van der Waals surface area contributed by atoms with Crippen molar-refractivity contribution >= 4 is 0 Å². The quantitative estimate of drug-likeness (QED) is 0.648. The Balaban J connectivity index is 2.29. The molecule has 0 aromatic heterocycles. The summed E-state index contributed by atoms with van der Waals surface area (Å²) in [5.74, 6) is 0.753. The zero-order chi connectivity index (χ0) is 11.2. The van der Waals surface area contributed by atoms with Crippen LogP contribution in [0.5, 0.6) is 11.5 Å². The zero-order valence-electron chi connectivity index (χ0n) is 9.07. The van der Waals surface area contributed by atoms with Gasteiger partial charge in [0.15, 0.2) is 11.5 Å². The Labute approximate surface area is 89.5 Å². The second kappa shape index (κ2) is 3.14. The predicted molar refractivity (Wildman–Crippen MR) is 58.8 cm³/mol. The summed E-state index contributed by atoms with van der Waals surface area (Å²) in [7, 11) is 0. The molecule has 2 atom stereocenters. The topological polar surface area (TPSA) is 66.5 Å². The Morgan fingerprint density at radius 2 is 1.93 bits per heavy atom. The summed E-state index contributed by atoms with van der Waals surface area (Å²) in [5.41, 5.74) is 6.96. The molecule has 1 aromatic rings. The Hall–Kier alpha value is -1.22. The fourth-order valence-electron chi connectivity index (χ4n) is 2.58. The fourth-order valence-corrected chi connectivity index (χ4v) is 2.58. The highest BCUT2D eigenvalue weighted by molar-refractivity contribution is 5.44. The first kappa shape index (κ1) is 10.3. The molecular formula is C12H17NO2. The van der Waals surface area contributed by atoms with Crippen LogP contribution in [0.15, 0.2) is 18.2 Å². The molecule has 4 N–H and O–H groups in total. The van der Waals surface area contributed by atoms with Gasteiger partial charge in [-0.2, -0.15) is 0 Å². The van der Waals surface area contributed by atoms with Crippen LogP contribution in [0, 0.1) is 11.3 Å². The fraction of sp³-hybridized carbons (Fsp3) is 0.500. The largest absolute Gasteiger partial charge is 0.504 e. The van der Waals surface area contributed by atoms with E-state index < -0.39 is 0 Å². The molecule has 0 radical (unpaired) electrons. The van der Waals surface area contributed by atoms with Crippen LogP contribution in [0.1, 0.15) is 25.3 Å². The molecule has 1 fully saturated rings. The highest BCUT2D eigenvalue weighted by Gasteiger charge is 2.57. The minimum atomic E-state index is -0.0681. The molecule has 1 aromatic carbocycles. The van der Waals surface area contributed by atoms with Crippen LogP contribution in [0.3, 0.4) is 0 Å². The van der Waals surface area contributed by atoms with Crippen LogP contribution < -0.4 is 5.73 Å². The third-order valence-electron chi connectivity index (χ3n) is 3.66. The van der Waals surface area contributed by atoms with E-state index in [1.54, 1.807) is 6.07 Å². The summed E-state index contributed by atoms with van der Waals surface area (Å²) in [4.78, 5) is 0. The molecule has 0 saturated heterocycles. The summed E-state index contributed by atoms with van der Waals surface area (Å²) in [6.07, 6.45) is 0. The van der Waals surface area contributed by atoms with Gasteiger partial charge in [-0.15, -0.1) is 0 Å². The number of phenols is 2. The van der Waals surface area contributed by atoms with E-state index in [1.165, 1.54) is 6.07 Å². The Morgan fingerprint density at radius 3 is 2.40 bits per heavy atom. The second-order valence-electron chi connectivity index (χ2n) is 4.89. The van der Waals surface area contributed by atoms with Gasteiger partial charge in [0.2, 0.25) is 0 Å². The monoisotopic (exact) mass is 207 g/mol. The highest BCUT2D eigenvalue weighted by Crippen LogP contribution is 2.64. The summed E-state index contributed by atoms with van der Waals surface area (Å²) in [6.45, 7) is 5.03. The number of hydrogen-bond acceptors (Lipinski definition) is 3. The highest BCUT2D eigenvalue weighted by atomic mass is 16.3. The predicted octanol–water partition coefficient (Wildman–Crippen LogP) is 1.80. The maximum atomic E-state index is 9.42. The van der Waals surface area contributed by atoms with Gasteiger partial charge in [-0.1, -0.05) is 19.9 Å². The van der Waals surface area contributed by atoms with Crippen LogP contribution in [0.25, 0.3) is 0 Å². The third kappa shape index (κ3) is 1.47. The number of hydrogen-bond donors (Lipinski definition) is 3. The van der Waals surface area contributed by atoms with Gasteiger partial charge in [-0.25, -0.2) is 0 Å². The van der Waals surface area contributed by atoms with Crippen LogP contribution >= 0.6 is 0 Å². The molecule has 0 heterocycles. The van der Waals surface area contributed by atoms with E-state index in [1.807, 2.05) is 6.07 Å². The van der Waals surface area contributed by atoms with E-state index >= 15 is 0 Å². The van der Waals surface area contributed by atoms with Crippen LogP contribution in [0.2, 0.25) is 0 Å². The number of nitrogens with two attached hydrogens (primary N) is 1. The van der Waals surface area contributed by atoms with Gasteiger partial charge in [0.05, 0.1) is 0 Å². The van der Waals surface area contributed by atoms with Crippen molar-refractivity contribution in [2.75, 3.05) is 6.54 Å². The lowest BCUT2D eigenvalue weighted by molar-refractivity contribution is 0.403. The van der Waals surface area contributed by atoms with Crippen molar-refractivity contribution in [3.05, 3.63) is 23.8 Å². The maximum Gasteiger partial charge on any atom is 0.157 e. The van der Waals surface area contributed by atoms with Crippen molar-refractivity contribution in [3.63, 3.8) is 0 Å². The molecular weight excluding hydrogens is 190 g/mol. The van der Waals surface area contributed by atoms with Crippen LogP contribution in [-0.4, -0.2) is 16.8 Å². The minimum Gasteiger partial charge on any atom is -0.504 e. The lowest BCUT2D eigenvalue weighted by atomic mass is 10.0. The number of rotatable bonds is 2. The molecule has 0 spiro atoms. The summed E-state index contributed by atoms with van der Waals surface area (Å²) < 4.78 is 0. The first-order chi connectivity index (χ1) is 6.98. The van der Waals surface area contributed by atoms with Gasteiger partial charge < -0.3 is 15.9 Å². The van der Waals surface area contributed by atoms with Crippen LogP contribution in [-0.2, 0) is 0 Å². The van der Waals surface area contributed by atoms with E-state index in [9.17, 15) is 10.2 Å². The third-order valence-corrected chi connectivity index (χ3v) is 3.66. The molecule has 82 valence electrons. The lowest BCUT2D eigenvalue weighted by Crippen LogP contribution is -2.05. The number of phenolic OH excluding ortho intramolecular Hbond substituents is 2. The standard InChI is InChI=1S/C12H17NO2/c1-12(2)8(6-13)11(12)7-3-4-9(14)10(15)5-7/h3-5,8,11,14-15H,6,13H2,1-2H3/t8-,11-/m0/s1. The van der Waals surface area contributed by atoms with Crippen molar-refractivity contribution in [1.29, 1.82) is 0 Å². The lowest BCUT2D eigenvalue weighted by Gasteiger charge is -2.04. The molecule has 0 unspecified atom stereocenters. The summed E-state index contributed by atoms with van der Waals surface area (Å²) >= 11 is 0. The molecule has 3 nitrogen and oxygen atoms in total. The first-order valence-corrected chi connectivity index (χ1v) is 5.20. The van der Waals surface area contributed by atoms with E-state index in [0.29, 0.717) is 18.4 Å². The van der Waals surface area contributed by atoms with Gasteiger partial charge in [0.1, 0.15) is 0 Å². The van der Waals surface area contributed by atoms with E-state index in [2.05, 4.69) is 13.8 Å². The molecule has 1 aliphatic rings. The smallest absolute Gasteiger partial charge is 0.157 e. The van der Waals surface area contributed by atoms with Gasteiger partial charge in [0, 0.05) is 0 Å². The Morgan fingerprint density at radius 1 is 1.27 bits per heavy atom. The van der Waals surface area contributed by atoms with Gasteiger partial charge in [-0.3, -0.25) is 0 Å². The molecule has 0 amide bonds. The zero-order valence-corrected chi connectivity index (χ0v) is 9.07. The first-order valence-electron chi connectivity index (χ1n) is 5.20. The normalized spacial score (nSPS) is 27.7. The molecule has 0 aliphatic heterocycles. The van der Waals surface area contributed by atoms with E-state index in [0.717, 1.165) is 5.56 Å². The number of aromatic hydroxyl groups is 2. The van der Waals surface area contributed by atoms with Crippen molar-refractivity contribution < 1.29 is 10.2 Å². The molecule has 1 saturated carbocycles. The summed E-state index contributed by atoms with van der Waals surface area (Å²) in [5, 5.41) is 18.6. The molecule has 15 heavy (non-hydrogen) atoms.